The van der Waals surface area contributed by atoms with Crippen molar-refractivity contribution in [1.29, 1.82) is 0 Å². The first-order valence-electron chi connectivity index (χ1n) is 6.82. The van der Waals surface area contributed by atoms with Crippen LogP contribution in [-0.4, -0.2) is 33.0 Å². The quantitative estimate of drug-likeness (QED) is 0.658. The Morgan fingerprint density at radius 2 is 1.71 bits per heavy atom. The fourth-order valence-electron chi connectivity index (χ4n) is 1.79. The smallest absolute Gasteiger partial charge is 0.150 e. The van der Waals surface area contributed by atoms with Gasteiger partial charge < -0.3 is 5.32 Å². The van der Waals surface area contributed by atoms with Gasteiger partial charge in [0, 0.05) is 5.75 Å². The van der Waals surface area contributed by atoms with Crippen LogP contribution in [0.3, 0.4) is 0 Å². The monoisotopic (exact) mass is 263 g/mol. The minimum atomic E-state index is -2.81. The summed E-state index contributed by atoms with van der Waals surface area (Å²) in [7, 11) is -2.81. The highest BCUT2D eigenvalue weighted by Gasteiger charge is 2.13. The van der Waals surface area contributed by atoms with E-state index in [0.717, 1.165) is 32.4 Å². The van der Waals surface area contributed by atoms with Crippen molar-refractivity contribution in [3.63, 3.8) is 0 Å². The second-order valence-electron chi connectivity index (χ2n) is 5.27. The van der Waals surface area contributed by atoms with Gasteiger partial charge >= 0.3 is 0 Å². The number of hydrogen-bond acceptors (Lipinski definition) is 3. The molecule has 0 aliphatic rings. The molecule has 104 valence electrons. The molecule has 1 atom stereocenters. The topological polar surface area (TPSA) is 46.2 Å². The van der Waals surface area contributed by atoms with Gasteiger partial charge in [-0.25, -0.2) is 8.42 Å². The Hall–Kier alpha value is -0.0900. The van der Waals surface area contributed by atoms with Crippen LogP contribution in [0.4, 0.5) is 0 Å². The molecule has 1 N–H and O–H groups in total. The van der Waals surface area contributed by atoms with E-state index < -0.39 is 9.84 Å². The summed E-state index contributed by atoms with van der Waals surface area (Å²) in [6.07, 6.45) is 2.57. The summed E-state index contributed by atoms with van der Waals surface area (Å²) >= 11 is 0. The van der Waals surface area contributed by atoms with Crippen molar-refractivity contribution in [2.24, 2.45) is 11.8 Å². The van der Waals surface area contributed by atoms with Crippen LogP contribution in [-0.2, 0) is 9.84 Å². The second-order valence-corrected chi connectivity index (χ2v) is 7.57. The average molecular weight is 263 g/mol. The van der Waals surface area contributed by atoms with Crippen LogP contribution >= 0.6 is 0 Å². The molecule has 0 amide bonds. The van der Waals surface area contributed by atoms with Crippen LogP contribution in [0.2, 0.25) is 0 Å². The SMILES string of the molecule is CCCS(=O)(=O)CCC(CC)CNCC(C)C. The molecule has 0 rings (SSSR count). The third kappa shape index (κ3) is 9.60. The van der Waals surface area contributed by atoms with Crippen LogP contribution in [0.15, 0.2) is 0 Å². The van der Waals surface area contributed by atoms with Crippen LogP contribution in [0.5, 0.6) is 0 Å². The van der Waals surface area contributed by atoms with Crippen LogP contribution < -0.4 is 5.32 Å². The fourth-order valence-corrected chi connectivity index (χ4v) is 3.30. The van der Waals surface area contributed by atoms with E-state index in [4.69, 9.17) is 0 Å². The van der Waals surface area contributed by atoms with E-state index in [1.807, 2.05) is 6.92 Å². The predicted molar refractivity (Wildman–Crippen MR) is 75.1 cm³/mol. The van der Waals surface area contributed by atoms with Gasteiger partial charge in [0.2, 0.25) is 0 Å². The maximum atomic E-state index is 11.6. The molecule has 0 saturated heterocycles. The van der Waals surface area contributed by atoms with E-state index in [9.17, 15) is 8.42 Å². The molecule has 0 bridgehead atoms. The van der Waals surface area contributed by atoms with E-state index in [1.165, 1.54) is 0 Å². The number of hydrogen-bond donors (Lipinski definition) is 1. The number of nitrogens with one attached hydrogen (secondary N) is 1. The van der Waals surface area contributed by atoms with Gasteiger partial charge in [0.15, 0.2) is 0 Å². The maximum absolute atomic E-state index is 11.6. The molecule has 0 saturated carbocycles. The van der Waals surface area contributed by atoms with Crippen LogP contribution in [0, 0.1) is 11.8 Å². The van der Waals surface area contributed by atoms with E-state index >= 15 is 0 Å². The summed E-state index contributed by atoms with van der Waals surface area (Å²) in [4.78, 5) is 0. The van der Waals surface area contributed by atoms with Gasteiger partial charge in [-0.2, -0.15) is 0 Å². The average Bonchev–Trinajstić information content (AvgIpc) is 2.22. The van der Waals surface area contributed by atoms with Crippen molar-refractivity contribution in [2.75, 3.05) is 24.6 Å². The first-order chi connectivity index (χ1) is 7.91. The van der Waals surface area contributed by atoms with Gasteiger partial charge in [-0.3, -0.25) is 0 Å². The minimum absolute atomic E-state index is 0.336. The molecule has 0 aliphatic heterocycles. The lowest BCUT2D eigenvalue weighted by molar-refractivity contribution is 0.429. The number of sulfone groups is 1. The molecular weight excluding hydrogens is 234 g/mol. The van der Waals surface area contributed by atoms with Crippen molar-refractivity contribution in [2.45, 2.75) is 47.0 Å². The second kappa shape index (κ2) is 8.92. The zero-order valence-electron chi connectivity index (χ0n) is 11.8. The van der Waals surface area contributed by atoms with E-state index in [2.05, 4.69) is 26.1 Å². The zero-order valence-corrected chi connectivity index (χ0v) is 12.6. The van der Waals surface area contributed by atoms with Gasteiger partial charge in [-0.15, -0.1) is 0 Å². The van der Waals surface area contributed by atoms with Crippen molar-refractivity contribution in [3.05, 3.63) is 0 Å². The molecular formula is C13H29NO2S. The Bertz CT molecular complexity index is 273. The Labute approximate surface area is 107 Å². The minimum Gasteiger partial charge on any atom is -0.316 e. The molecule has 0 spiro atoms. The lowest BCUT2D eigenvalue weighted by Crippen LogP contribution is -2.27. The Morgan fingerprint density at radius 1 is 1.06 bits per heavy atom. The standard InChI is InChI=1S/C13H29NO2S/c1-5-8-17(15,16)9-7-13(6-2)11-14-10-12(3)4/h12-14H,5-11H2,1-4H3. The highest BCUT2D eigenvalue weighted by Crippen LogP contribution is 2.10. The first-order valence-corrected chi connectivity index (χ1v) is 8.64. The third-order valence-corrected chi connectivity index (χ3v) is 4.80. The van der Waals surface area contributed by atoms with Gasteiger partial charge in [-0.1, -0.05) is 34.1 Å². The summed E-state index contributed by atoms with van der Waals surface area (Å²) in [6, 6.07) is 0. The number of rotatable bonds is 10. The Morgan fingerprint density at radius 3 is 2.18 bits per heavy atom. The molecule has 0 fully saturated rings. The summed E-state index contributed by atoms with van der Waals surface area (Å²) < 4.78 is 23.2. The zero-order chi connectivity index (χ0) is 13.3. The molecule has 0 aromatic carbocycles. The van der Waals surface area contributed by atoms with E-state index in [1.54, 1.807) is 0 Å². The lowest BCUT2D eigenvalue weighted by Gasteiger charge is -2.16. The molecule has 4 heteroatoms. The Kier molecular flexibility index (Phi) is 8.88. The molecule has 0 aliphatic carbocycles. The van der Waals surface area contributed by atoms with Crippen molar-refractivity contribution in [3.8, 4) is 0 Å². The highest BCUT2D eigenvalue weighted by atomic mass is 32.2. The van der Waals surface area contributed by atoms with Gasteiger partial charge in [0.25, 0.3) is 0 Å². The molecule has 0 radical (unpaired) electrons. The molecule has 1 unspecified atom stereocenters. The Balaban J connectivity index is 3.89. The molecule has 17 heavy (non-hydrogen) atoms. The molecule has 0 aromatic rings. The van der Waals surface area contributed by atoms with Crippen LogP contribution in [0.25, 0.3) is 0 Å². The highest BCUT2D eigenvalue weighted by molar-refractivity contribution is 7.91. The normalized spacial score (nSPS) is 14.2. The van der Waals surface area contributed by atoms with Crippen molar-refractivity contribution in [1.82, 2.24) is 5.32 Å². The molecule has 0 aromatic heterocycles. The lowest BCUT2D eigenvalue weighted by atomic mass is 10.0. The third-order valence-electron chi connectivity index (χ3n) is 2.92. The molecule has 3 nitrogen and oxygen atoms in total. The predicted octanol–water partition coefficient (Wildman–Crippen LogP) is 2.47. The van der Waals surface area contributed by atoms with E-state index in [-0.39, 0.29) is 0 Å². The fraction of sp³-hybridized carbons (Fsp3) is 1.00. The van der Waals surface area contributed by atoms with Gasteiger partial charge in [0.1, 0.15) is 9.84 Å². The summed E-state index contributed by atoms with van der Waals surface area (Å²) in [5, 5.41) is 3.41. The summed E-state index contributed by atoms with van der Waals surface area (Å²) in [6.45, 7) is 10.4. The van der Waals surface area contributed by atoms with E-state index in [0.29, 0.717) is 23.3 Å². The van der Waals surface area contributed by atoms with Gasteiger partial charge in [0.05, 0.1) is 5.75 Å². The first kappa shape index (κ1) is 16.9. The van der Waals surface area contributed by atoms with Crippen molar-refractivity contribution >= 4 is 9.84 Å². The van der Waals surface area contributed by atoms with Crippen LogP contribution in [0.1, 0.15) is 47.0 Å². The van der Waals surface area contributed by atoms with Crippen molar-refractivity contribution < 1.29 is 8.42 Å². The van der Waals surface area contributed by atoms with Gasteiger partial charge in [-0.05, 0) is 37.8 Å². The molecule has 0 heterocycles. The summed E-state index contributed by atoms with van der Waals surface area (Å²) in [5.41, 5.74) is 0. The summed E-state index contributed by atoms with van der Waals surface area (Å²) in [5.74, 6) is 1.82. The largest absolute Gasteiger partial charge is 0.316 e. The maximum Gasteiger partial charge on any atom is 0.150 e.